The average molecular weight is 287 g/mol. The SMILES string of the molecule is Cc1cc(CN(C)C(=O)N[C@H]2CCS(=O)(=O)C2)no1. The van der Waals surface area contributed by atoms with Gasteiger partial charge in [-0.1, -0.05) is 5.16 Å². The minimum Gasteiger partial charge on any atom is -0.361 e. The van der Waals surface area contributed by atoms with Crippen molar-refractivity contribution in [3.05, 3.63) is 17.5 Å². The van der Waals surface area contributed by atoms with Crippen molar-refractivity contribution in [1.29, 1.82) is 0 Å². The van der Waals surface area contributed by atoms with Crippen LogP contribution in [0.5, 0.6) is 0 Å². The molecule has 1 aromatic heterocycles. The number of aryl methyl sites for hydroxylation is 1. The molecule has 2 rings (SSSR count). The average Bonchev–Trinajstić information content (AvgIpc) is 2.85. The van der Waals surface area contributed by atoms with E-state index in [0.717, 1.165) is 0 Å². The number of nitrogens with zero attached hydrogens (tertiary/aromatic N) is 2. The first-order chi connectivity index (χ1) is 8.85. The van der Waals surface area contributed by atoms with Gasteiger partial charge >= 0.3 is 6.03 Å². The van der Waals surface area contributed by atoms with Crippen LogP contribution in [0.4, 0.5) is 4.79 Å². The van der Waals surface area contributed by atoms with E-state index in [4.69, 9.17) is 4.52 Å². The van der Waals surface area contributed by atoms with E-state index in [1.165, 1.54) is 4.90 Å². The lowest BCUT2D eigenvalue weighted by molar-refractivity contribution is 0.202. The van der Waals surface area contributed by atoms with Crippen molar-refractivity contribution in [3.8, 4) is 0 Å². The zero-order valence-electron chi connectivity index (χ0n) is 10.9. The zero-order chi connectivity index (χ0) is 14.0. The maximum atomic E-state index is 11.9. The fourth-order valence-electron chi connectivity index (χ4n) is 2.00. The van der Waals surface area contributed by atoms with E-state index in [-0.39, 0.29) is 23.6 Å². The number of sulfone groups is 1. The molecule has 1 aliphatic rings. The molecule has 7 nitrogen and oxygen atoms in total. The second-order valence-electron chi connectivity index (χ2n) is 4.83. The molecule has 19 heavy (non-hydrogen) atoms. The van der Waals surface area contributed by atoms with Crippen molar-refractivity contribution < 1.29 is 17.7 Å². The van der Waals surface area contributed by atoms with Gasteiger partial charge < -0.3 is 14.7 Å². The topological polar surface area (TPSA) is 92.5 Å². The summed E-state index contributed by atoms with van der Waals surface area (Å²) in [5, 5.41) is 6.51. The van der Waals surface area contributed by atoms with Gasteiger partial charge in [-0.25, -0.2) is 13.2 Å². The van der Waals surface area contributed by atoms with Crippen LogP contribution in [0.2, 0.25) is 0 Å². The molecule has 8 heteroatoms. The summed E-state index contributed by atoms with van der Waals surface area (Å²) in [6.45, 7) is 2.10. The van der Waals surface area contributed by atoms with Gasteiger partial charge in [-0.2, -0.15) is 0 Å². The van der Waals surface area contributed by atoms with Crippen molar-refractivity contribution in [2.45, 2.75) is 25.9 Å². The van der Waals surface area contributed by atoms with E-state index in [2.05, 4.69) is 10.5 Å². The van der Waals surface area contributed by atoms with Gasteiger partial charge in [-0.05, 0) is 13.3 Å². The second kappa shape index (κ2) is 5.20. The molecule has 0 bridgehead atoms. The summed E-state index contributed by atoms with van der Waals surface area (Å²) >= 11 is 0. The van der Waals surface area contributed by atoms with Crippen LogP contribution in [0, 0.1) is 6.92 Å². The van der Waals surface area contributed by atoms with Gasteiger partial charge in [0.2, 0.25) is 0 Å². The van der Waals surface area contributed by atoms with Crippen LogP contribution in [0.15, 0.2) is 10.6 Å². The highest BCUT2D eigenvalue weighted by Crippen LogP contribution is 2.12. The molecule has 0 aliphatic carbocycles. The highest BCUT2D eigenvalue weighted by molar-refractivity contribution is 7.91. The Kier molecular flexibility index (Phi) is 3.79. The molecule has 1 atom stereocenters. The van der Waals surface area contributed by atoms with Crippen molar-refractivity contribution in [2.75, 3.05) is 18.6 Å². The second-order valence-corrected chi connectivity index (χ2v) is 7.06. The third-order valence-corrected chi connectivity index (χ3v) is 4.75. The molecule has 0 aromatic carbocycles. The lowest BCUT2D eigenvalue weighted by Crippen LogP contribution is -2.43. The van der Waals surface area contributed by atoms with Gasteiger partial charge in [-0.3, -0.25) is 0 Å². The molecule has 106 valence electrons. The summed E-state index contributed by atoms with van der Waals surface area (Å²) in [6.07, 6.45) is 0.477. The number of rotatable bonds is 3. The summed E-state index contributed by atoms with van der Waals surface area (Å²) in [6, 6.07) is 1.16. The fraction of sp³-hybridized carbons (Fsp3) is 0.636. The Morgan fingerprint density at radius 1 is 1.63 bits per heavy atom. The van der Waals surface area contributed by atoms with Crippen LogP contribution in [0.25, 0.3) is 0 Å². The van der Waals surface area contributed by atoms with Crippen molar-refractivity contribution in [2.24, 2.45) is 0 Å². The lowest BCUT2D eigenvalue weighted by Gasteiger charge is -2.19. The van der Waals surface area contributed by atoms with E-state index >= 15 is 0 Å². The predicted molar refractivity (Wildman–Crippen MR) is 68.3 cm³/mol. The molecule has 1 N–H and O–H groups in total. The molecule has 2 amide bonds. The number of carbonyl (C=O) groups excluding carboxylic acids is 1. The standard InChI is InChI=1S/C11H17N3O4S/c1-8-5-10(13-18-8)6-14(2)11(15)12-9-3-4-19(16,17)7-9/h5,9H,3-4,6-7H2,1-2H3,(H,12,15)/t9-/m0/s1. The van der Waals surface area contributed by atoms with E-state index in [0.29, 0.717) is 24.4 Å². The number of hydrogen-bond acceptors (Lipinski definition) is 5. The minimum atomic E-state index is -2.98. The Labute approximate surface area is 111 Å². The van der Waals surface area contributed by atoms with Gasteiger partial charge in [0.05, 0.1) is 18.1 Å². The lowest BCUT2D eigenvalue weighted by atomic mass is 10.3. The first-order valence-electron chi connectivity index (χ1n) is 6.00. The van der Waals surface area contributed by atoms with Crippen molar-refractivity contribution in [3.63, 3.8) is 0 Å². The quantitative estimate of drug-likeness (QED) is 0.863. The Hall–Kier alpha value is -1.57. The Bertz CT molecular complexity index is 566. The van der Waals surface area contributed by atoms with Crippen LogP contribution in [-0.2, 0) is 16.4 Å². The molecule has 0 unspecified atom stereocenters. The van der Waals surface area contributed by atoms with Gasteiger partial charge in [0.25, 0.3) is 0 Å². The first-order valence-corrected chi connectivity index (χ1v) is 7.82. The van der Waals surface area contributed by atoms with Gasteiger partial charge in [0.1, 0.15) is 11.5 Å². The van der Waals surface area contributed by atoms with E-state index in [1.54, 1.807) is 20.0 Å². The van der Waals surface area contributed by atoms with Crippen LogP contribution in [0.3, 0.4) is 0 Å². The summed E-state index contributed by atoms with van der Waals surface area (Å²) in [7, 11) is -1.36. The number of nitrogens with one attached hydrogen (secondary N) is 1. The van der Waals surface area contributed by atoms with Crippen LogP contribution in [-0.4, -0.2) is 49.1 Å². The van der Waals surface area contributed by atoms with Crippen LogP contribution < -0.4 is 5.32 Å². The molecule has 1 aromatic rings. The van der Waals surface area contributed by atoms with Crippen LogP contribution in [0.1, 0.15) is 17.9 Å². The molecule has 0 radical (unpaired) electrons. The molecular formula is C11H17N3O4S. The summed E-state index contributed by atoms with van der Waals surface area (Å²) < 4.78 is 27.5. The van der Waals surface area contributed by atoms with E-state index in [9.17, 15) is 13.2 Å². The Morgan fingerprint density at radius 2 is 2.37 bits per heavy atom. The van der Waals surface area contributed by atoms with Gasteiger partial charge in [-0.15, -0.1) is 0 Å². The molecule has 0 spiro atoms. The van der Waals surface area contributed by atoms with Gasteiger partial charge in [0, 0.05) is 19.2 Å². The molecule has 1 saturated heterocycles. The number of aromatic nitrogens is 1. The Morgan fingerprint density at radius 3 is 2.89 bits per heavy atom. The molecular weight excluding hydrogens is 270 g/mol. The Balaban J connectivity index is 1.86. The van der Waals surface area contributed by atoms with Gasteiger partial charge in [0.15, 0.2) is 9.84 Å². The largest absolute Gasteiger partial charge is 0.361 e. The molecule has 0 saturated carbocycles. The normalized spacial score (nSPS) is 21.3. The third-order valence-electron chi connectivity index (χ3n) is 2.98. The third kappa shape index (κ3) is 3.69. The van der Waals surface area contributed by atoms with Crippen molar-refractivity contribution >= 4 is 15.9 Å². The zero-order valence-corrected chi connectivity index (χ0v) is 11.7. The number of hydrogen-bond donors (Lipinski definition) is 1. The molecule has 1 aliphatic heterocycles. The van der Waals surface area contributed by atoms with E-state index < -0.39 is 9.84 Å². The number of carbonyl (C=O) groups is 1. The molecule has 2 heterocycles. The van der Waals surface area contributed by atoms with E-state index in [1.807, 2.05) is 0 Å². The monoisotopic (exact) mass is 287 g/mol. The predicted octanol–water partition coefficient (Wildman–Crippen LogP) is 0.312. The number of urea groups is 1. The highest BCUT2D eigenvalue weighted by Gasteiger charge is 2.29. The highest BCUT2D eigenvalue weighted by atomic mass is 32.2. The van der Waals surface area contributed by atoms with Crippen LogP contribution >= 0.6 is 0 Å². The maximum absolute atomic E-state index is 11.9. The summed E-state index contributed by atoms with van der Waals surface area (Å²) in [5.41, 5.74) is 0.661. The summed E-state index contributed by atoms with van der Waals surface area (Å²) in [4.78, 5) is 13.3. The minimum absolute atomic E-state index is 0.0235. The fourth-order valence-corrected chi connectivity index (χ4v) is 3.67. The first kappa shape index (κ1) is 13.9. The molecule has 1 fully saturated rings. The smallest absolute Gasteiger partial charge is 0.317 e. The summed E-state index contributed by atoms with van der Waals surface area (Å²) in [5.74, 6) is 0.852. The van der Waals surface area contributed by atoms with Crippen molar-refractivity contribution in [1.82, 2.24) is 15.4 Å². The number of amides is 2. The maximum Gasteiger partial charge on any atom is 0.317 e.